The minimum Gasteiger partial charge on any atom is -0.467 e. The molecule has 4 nitrogen and oxygen atoms in total. The molecule has 0 saturated carbocycles. The maximum atomic E-state index is 12.6. The van der Waals surface area contributed by atoms with Crippen molar-refractivity contribution in [1.29, 1.82) is 0 Å². The van der Waals surface area contributed by atoms with E-state index in [-0.39, 0.29) is 11.8 Å². The third-order valence-electron chi connectivity index (χ3n) is 4.37. The summed E-state index contributed by atoms with van der Waals surface area (Å²) in [4.78, 5) is 26.3. The van der Waals surface area contributed by atoms with E-state index in [2.05, 4.69) is 23.5 Å². The average molecular weight is 343 g/mol. The van der Waals surface area contributed by atoms with Crippen molar-refractivity contribution in [2.24, 2.45) is 5.92 Å². The van der Waals surface area contributed by atoms with Crippen LogP contribution >= 0.6 is 11.3 Å². The smallest absolute Gasteiger partial charge is 0.328 e. The number of nitrogens with one attached hydrogen (secondary N) is 1. The van der Waals surface area contributed by atoms with Crippen molar-refractivity contribution in [3.8, 4) is 10.4 Å². The number of ether oxygens (including phenoxy) is 1. The first kappa shape index (κ1) is 16.7. The van der Waals surface area contributed by atoms with E-state index in [1.807, 2.05) is 26.0 Å². The van der Waals surface area contributed by atoms with E-state index in [1.165, 1.54) is 40.0 Å². The number of amides is 1. The molecule has 3 rings (SSSR count). The number of methoxy groups -OCH3 is 1. The molecule has 1 aromatic carbocycles. The monoisotopic (exact) mass is 343 g/mol. The third kappa shape index (κ3) is 3.08. The van der Waals surface area contributed by atoms with Crippen LogP contribution in [-0.4, -0.2) is 25.0 Å². The SMILES string of the molecule is COC(=O)C(NC(=O)c1cc2c(s1)-c1ccccc1CC2)C(C)C. The van der Waals surface area contributed by atoms with Gasteiger partial charge in [0.15, 0.2) is 0 Å². The highest BCUT2D eigenvalue weighted by atomic mass is 32.1. The molecule has 24 heavy (non-hydrogen) atoms. The molecule has 1 heterocycles. The highest BCUT2D eigenvalue weighted by molar-refractivity contribution is 7.17. The number of aryl methyl sites for hydroxylation is 2. The second-order valence-corrected chi connectivity index (χ2v) is 7.39. The standard InChI is InChI=1S/C19H21NO3S/c1-11(2)16(19(22)23-3)20-18(21)15-10-13-9-8-12-6-4-5-7-14(12)17(13)24-15/h4-7,10-11,16H,8-9H2,1-3H3,(H,20,21). The maximum Gasteiger partial charge on any atom is 0.328 e. The predicted octanol–water partition coefficient (Wildman–Crippen LogP) is 3.44. The molecular formula is C19H21NO3S. The number of thiophene rings is 1. The topological polar surface area (TPSA) is 55.4 Å². The number of carbonyl (C=O) groups is 2. The first-order chi connectivity index (χ1) is 11.5. The van der Waals surface area contributed by atoms with Crippen molar-refractivity contribution in [3.63, 3.8) is 0 Å². The number of rotatable bonds is 4. The average Bonchev–Trinajstić information content (AvgIpc) is 3.03. The molecule has 0 bridgehead atoms. The summed E-state index contributed by atoms with van der Waals surface area (Å²) in [6.45, 7) is 3.77. The molecule has 1 unspecified atom stereocenters. The molecule has 126 valence electrons. The fraction of sp³-hybridized carbons (Fsp3) is 0.368. The van der Waals surface area contributed by atoms with E-state index in [4.69, 9.17) is 4.74 Å². The van der Waals surface area contributed by atoms with Crippen molar-refractivity contribution in [2.75, 3.05) is 7.11 Å². The van der Waals surface area contributed by atoms with Crippen LogP contribution in [0, 0.1) is 5.92 Å². The lowest BCUT2D eigenvalue weighted by Crippen LogP contribution is -2.44. The lowest BCUT2D eigenvalue weighted by atomic mass is 9.91. The van der Waals surface area contributed by atoms with Gasteiger partial charge in [-0.1, -0.05) is 38.1 Å². The van der Waals surface area contributed by atoms with Gasteiger partial charge in [-0.2, -0.15) is 0 Å². The van der Waals surface area contributed by atoms with Gasteiger partial charge < -0.3 is 10.1 Å². The summed E-state index contributed by atoms with van der Waals surface area (Å²) in [5.74, 6) is -0.655. The van der Waals surface area contributed by atoms with Crippen LogP contribution in [0.3, 0.4) is 0 Å². The molecule has 1 amide bonds. The van der Waals surface area contributed by atoms with Gasteiger partial charge in [-0.3, -0.25) is 4.79 Å². The molecule has 0 spiro atoms. The maximum absolute atomic E-state index is 12.6. The zero-order valence-electron chi connectivity index (χ0n) is 14.1. The second kappa shape index (κ2) is 6.77. The zero-order chi connectivity index (χ0) is 17.3. The molecule has 0 radical (unpaired) electrons. The van der Waals surface area contributed by atoms with Gasteiger partial charge in [0.05, 0.1) is 12.0 Å². The van der Waals surface area contributed by atoms with E-state index in [1.54, 1.807) is 0 Å². The summed E-state index contributed by atoms with van der Waals surface area (Å²) < 4.78 is 4.79. The first-order valence-electron chi connectivity index (χ1n) is 8.11. The normalized spacial score (nSPS) is 13.8. The summed E-state index contributed by atoms with van der Waals surface area (Å²) in [6.07, 6.45) is 1.94. The predicted molar refractivity (Wildman–Crippen MR) is 95.3 cm³/mol. The van der Waals surface area contributed by atoms with Crippen molar-refractivity contribution >= 4 is 23.2 Å². The largest absolute Gasteiger partial charge is 0.467 e. The van der Waals surface area contributed by atoms with E-state index >= 15 is 0 Å². The minimum atomic E-state index is -0.631. The van der Waals surface area contributed by atoms with Gasteiger partial charge in [-0.25, -0.2) is 4.79 Å². The van der Waals surface area contributed by atoms with Gasteiger partial charge >= 0.3 is 5.97 Å². The Balaban J connectivity index is 1.86. The Hall–Kier alpha value is -2.14. The summed E-state index contributed by atoms with van der Waals surface area (Å²) in [5.41, 5.74) is 3.76. The van der Waals surface area contributed by atoms with Crippen molar-refractivity contribution in [2.45, 2.75) is 32.7 Å². The van der Waals surface area contributed by atoms with Gasteiger partial charge in [0.2, 0.25) is 0 Å². The molecule has 0 aliphatic heterocycles. The Kier molecular flexibility index (Phi) is 4.71. The van der Waals surface area contributed by atoms with Crippen molar-refractivity contribution < 1.29 is 14.3 Å². The number of esters is 1. The van der Waals surface area contributed by atoms with Crippen molar-refractivity contribution in [3.05, 3.63) is 46.3 Å². The van der Waals surface area contributed by atoms with Gasteiger partial charge in [-0.15, -0.1) is 11.3 Å². The Labute approximate surface area is 145 Å². The summed E-state index contributed by atoms with van der Waals surface area (Å²) in [5, 5.41) is 2.81. The second-order valence-electron chi connectivity index (χ2n) is 6.34. The summed E-state index contributed by atoms with van der Waals surface area (Å²) in [7, 11) is 1.34. The number of benzene rings is 1. The number of hydrogen-bond donors (Lipinski definition) is 1. The minimum absolute atomic E-state index is 0.0308. The molecule has 5 heteroatoms. The molecule has 0 fully saturated rings. The van der Waals surface area contributed by atoms with Gasteiger partial charge in [0.25, 0.3) is 5.91 Å². The summed E-state index contributed by atoms with van der Waals surface area (Å²) >= 11 is 1.49. The van der Waals surface area contributed by atoms with Crippen LogP contribution in [0.1, 0.15) is 34.6 Å². The Morgan fingerprint density at radius 1 is 1.17 bits per heavy atom. The van der Waals surface area contributed by atoms with Gasteiger partial charge in [-0.05, 0) is 41.5 Å². The van der Waals surface area contributed by atoms with Crippen molar-refractivity contribution in [1.82, 2.24) is 5.32 Å². The third-order valence-corrected chi connectivity index (χ3v) is 5.58. The Morgan fingerprint density at radius 3 is 2.58 bits per heavy atom. The van der Waals surface area contributed by atoms with E-state index < -0.39 is 12.0 Å². The fourth-order valence-electron chi connectivity index (χ4n) is 3.02. The molecular weight excluding hydrogens is 322 g/mol. The molecule has 0 saturated heterocycles. The van der Waals surface area contributed by atoms with Crippen LogP contribution in [0.25, 0.3) is 10.4 Å². The van der Waals surface area contributed by atoms with Crippen LogP contribution in [0.2, 0.25) is 0 Å². The molecule has 1 aliphatic carbocycles. The fourth-order valence-corrected chi connectivity index (χ4v) is 4.19. The van der Waals surface area contributed by atoms with E-state index in [0.29, 0.717) is 4.88 Å². The lowest BCUT2D eigenvalue weighted by molar-refractivity contribution is -0.144. The summed E-state index contributed by atoms with van der Waals surface area (Å²) in [6, 6.07) is 9.66. The molecule has 1 N–H and O–H groups in total. The number of fused-ring (bicyclic) bond motifs is 3. The van der Waals surface area contributed by atoms with Gasteiger partial charge in [0, 0.05) is 4.88 Å². The molecule has 1 aliphatic rings. The van der Waals surface area contributed by atoms with E-state index in [0.717, 1.165) is 12.8 Å². The highest BCUT2D eigenvalue weighted by Crippen LogP contribution is 2.39. The van der Waals surface area contributed by atoms with Crippen LogP contribution < -0.4 is 5.32 Å². The lowest BCUT2D eigenvalue weighted by Gasteiger charge is -2.19. The van der Waals surface area contributed by atoms with Crippen LogP contribution in [0.5, 0.6) is 0 Å². The number of hydrogen-bond acceptors (Lipinski definition) is 4. The number of carbonyl (C=O) groups excluding carboxylic acids is 2. The van der Waals surface area contributed by atoms with Gasteiger partial charge in [0.1, 0.15) is 6.04 Å². The van der Waals surface area contributed by atoms with Crippen LogP contribution in [0.15, 0.2) is 30.3 Å². The zero-order valence-corrected chi connectivity index (χ0v) is 14.9. The molecule has 1 atom stereocenters. The highest BCUT2D eigenvalue weighted by Gasteiger charge is 2.27. The first-order valence-corrected chi connectivity index (χ1v) is 8.92. The van der Waals surface area contributed by atoms with E-state index in [9.17, 15) is 9.59 Å². The Morgan fingerprint density at radius 2 is 1.88 bits per heavy atom. The quantitative estimate of drug-likeness (QED) is 0.865. The molecule has 2 aromatic rings. The van der Waals surface area contributed by atoms with Crippen LogP contribution in [-0.2, 0) is 22.4 Å². The molecule has 1 aromatic heterocycles. The Bertz CT molecular complexity index is 779. The van der Waals surface area contributed by atoms with Crippen LogP contribution in [0.4, 0.5) is 0 Å².